The molecule has 2 nitrogen and oxygen atoms in total. The van der Waals surface area contributed by atoms with Gasteiger partial charge in [-0.25, -0.2) is 8.78 Å². The summed E-state index contributed by atoms with van der Waals surface area (Å²) < 4.78 is 26.3. The molecule has 0 amide bonds. The van der Waals surface area contributed by atoms with Crippen LogP contribution in [0.25, 0.3) is 0 Å². The van der Waals surface area contributed by atoms with Crippen LogP contribution in [-0.4, -0.2) is 30.6 Å². The van der Waals surface area contributed by atoms with Gasteiger partial charge in [-0.15, -0.1) is 0 Å². The molecular weight excluding hydrogens is 246 g/mol. The lowest BCUT2D eigenvalue weighted by Gasteiger charge is -2.25. The Morgan fingerprint density at radius 1 is 1.32 bits per heavy atom. The van der Waals surface area contributed by atoms with E-state index in [1.54, 1.807) is 0 Å². The Labute approximate surface area is 113 Å². The van der Waals surface area contributed by atoms with E-state index < -0.39 is 11.6 Å². The van der Waals surface area contributed by atoms with Crippen LogP contribution in [-0.2, 0) is 0 Å². The van der Waals surface area contributed by atoms with Crippen LogP contribution >= 0.6 is 0 Å². The van der Waals surface area contributed by atoms with Crippen molar-refractivity contribution in [3.05, 3.63) is 35.4 Å². The highest BCUT2D eigenvalue weighted by atomic mass is 19.1. The number of benzene rings is 1. The smallest absolute Gasteiger partial charge is 0.126 e. The van der Waals surface area contributed by atoms with Crippen molar-refractivity contribution in [2.24, 2.45) is 0 Å². The van der Waals surface area contributed by atoms with Gasteiger partial charge in [0.05, 0.1) is 0 Å². The first-order valence-electron chi connectivity index (χ1n) is 7.03. The van der Waals surface area contributed by atoms with Crippen molar-refractivity contribution in [1.29, 1.82) is 0 Å². The van der Waals surface area contributed by atoms with Crippen LogP contribution in [0.15, 0.2) is 18.2 Å². The lowest BCUT2D eigenvalue weighted by molar-refractivity contribution is 0.255. The maximum atomic E-state index is 13.2. The molecule has 1 aliphatic rings. The van der Waals surface area contributed by atoms with Crippen LogP contribution in [0.2, 0.25) is 0 Å². The van der Waals surface area contributed by atoms with Gasteiger partial charge < -0.3 is 5.32 Å². The number of hydrogen-bond acceptors (Lipinski definition) is 2. The summed E-state index contributed by atoms with van der Waals surface area (Å²) in [5.74, 6) is -1.03. The molecule has 0 radical (unpaired) electrons. The van der Waals surface area contributed by atoms with Gasteiger partial charge in [-0.3, -0.25) is 4.90 Å². The van der Waals surface area contributed by atoms with Crippen molar-refractivity contribution in [3.63, 3.8) is 0 Å². The average Bonchev–Trinajstić information content (AvgIpc) is 2.82. The molecule has 1 N–H and O–H groups in total. The molecule has 106 valence electrons. The quantitative estimate of drug-likeness (QED) is 0.882. The van der Waals surface area contributed by atoms with Gasteiger partial charge in [0, 0.05) is 24.7 Å². The number of halogens is 2. The summed E-state index contributed by atoms with van der Waals surface area (Å²) in [4.78, 5) is 2.45. The fraction of sp³-hybridized carbons (Fsp3) is 0.600. The lowest BCUT2D eigenvalue weighted by Crippen LogP contribution is -2.38. The topological polar surface area (TPSA) is 15.3 Å². The van der Waals surface area contributed by atoms with E-state index in [2.05, 4.69) is 17.1 Å². The molecule has 0 bridgehead atoms. The van der Waals surface area contributed by atoms with Crippen molar-refractivity contribution >= 4 is 0 Å². The minimum atomic E-state index is -0.514. The Morgan fingerprint density at radius 3 is 2.63 bits per heavy atom. The number of nitrogens with zero attached hydrogens (tertiary/aromatic N) is 1. The highest BCUT2D eigenvalue weighted by molar-refractivity contribution is 5.20. The van der Waals surface area contributed by atoms with Crippen molar-refractivity contribution in [1.82, 2.24) is 10.2 Å². The van der Waals surface area contributed by atoms with Crippen LogP contribution in [0.1, 0.15) is 38.3 Å². The van der Waals surface area contributed by atoms with Crippen LogP contribution in [0.4, 0.5) is 8.78 Å². The minimum absolute atomic E-state index is 0.0375. The van der Waals surface area contributed by atoms with Crippen LogP contribution in [0.5, 0.6) is 0 Å². The summed E-state index contributed by atoms with van der Waals surface area (Å²) in [7, 11) is 0. The van der Waals surface area contributed by atoms with Crippen molar-refractivity contribution in [3.8, 4) is 0 Å². The largest absolute Gasteiger partial charge is 0.309 e. The van der Waals surface area contributed by atoms with E-state index in [1.165, 1.54) is 25.0 Å². The number of nitrogens with one attached hydrogen (secondary N) is 1. The first kappa shape index (κ1) is 14.4. The molecule has 1 saturated heterocycles. The summed E-state index contributed by atoms with van der Waals surface area (Å²) >= 11 is 0. The van der Waals surface area contributed by atoms with Gasteiger partial charge in [-0.2, -0.15) is 0 Å². The highest BCUT2D eigenvalue weighted by Crippen LogP contribution is 2.19. The highest BCUT2D eigenvalue weighted by Gasteiger charge is 2.23. The Morgan fingerprint density at radius 2 is 2.00 bits per heavy atom. The van der Waals surface area contributed by atoms with E-state index in [0.29, 0.717) is 11.6 Å². The number of hydrogen-bond donors (Lipinski definition) is 1. The average molecular weight is 268 g/mol. The maximum absolute atomic E-state index is 13.2. The molecule has 1 aliphatic heterocycles. The molecule has 1 heterocycles. The standard InChI is InChI=1S/C15H22F2N2/c1-3-19-6-4-5-15(19)10-18-11(2)12-7-13(16)9-14(17)8-12/h7-9,11,15,18H,3-6,10H2,1-2H3. The second-order valence-corrected chi connectivity index (χ2v) is 5.26. The van der Waals surface area contributed by atoms with Crippen molar-refractivity contribution < 1.29 is 8.78 Å². The monoisotopic (exact) mass is 268 g/mol. The van der Waals surface area contributed by atoms with E-state index in [9.17, 15) is 8.78 Å². The molecule has 0 aliphatic carbocycles. The van der Waals surface area contributed by atoms with Crippen molar-refractivity contribution in [2.75, 3.05) is 19.6 Å². The molecule has 4 heteroatoms. The van der Waals surface area contributed by atoms with E-state index in [1.807, 2.05) is 6.92 Å². The lowest BCUT2D eigenvalue weighted by atomic mass is 10.1. The zero-order chi connectivity index (χ0) is 13.8. The van der Waals surface area contributed by atoms with Gasteiger partial charge in [-0.05, 0) is 50.6 Å². The normalized spacial score (nSPS) is 21.8. The summed E-state index contributed by atoms with van der Waals surface area (Å²) in [5.41, 5.74) is 0.665. The molecule has 1 aromatic rings. The van der Waals surface area contributed by atoms with Crippen LogP contribution in [0.3, 0.4) is 0 Å². The van der Waals surface area contributed by atoms with Gasteiger partial charge in [0.2, 0.25) is 0 Å². The second kappa shape index (κ2) is 6.44. The molecule has 2 unspecified atom stereocenters. The van der Waals surface area contributed by atoms with Crippen LogP contribution in [0, 0.1) is 11.6 Å². The summed E-state index contributed by atoms with van der Waals surface area (Å²) in [6.07, 6.45) is 2.44. The van der Waals surface area contributed by atoms with E-state index in [4.69, 9.17) is 0 Å². The zero-order valence-corrected chi connectivity index (χ0v) is 11.6. The molecule has 2 rings (SSSR count). The van der Waals surface area contributed by atoms with Gasteiger partial charge in [0.15, 0.2) is 0 Å². The number of likely N-dealkylation sites (N-methyl/N-ethyl adjacent to an activating group) is 1. The number of likely N-dealkylation sites (tertiary alicyclic amines) is 1. The molecule has 2 atom stereocenters. The van der Waals surface area contributed by atoms with Gasteiger partial charge in [-0.1, -0.05) is 6.92 Å². The third-order valence-corrected chi connectivity index (χ3v) is 3.95. The third-order valence-electron chi connectivity index (χ3n) is 3.95. The first-order valence-corrected chi connectivity index (χ1v) is 7.03. The molecule has 0 spiro atoms. The molecule has 1 fully saturated rings. The SMILES string of the molecule is CCN1CCCC1CNC(C)c1cc(F)cc(F)c1. The van der Waals surface area contributed by atoms with Gasteiger partial charge in [0.1, 0.15) is 11.6 Å². The predicted octanol–water partition coefficient (Wildman–Crippen LogP) is 3.10. The summed E-state index contributed by atoms with van der Waals surface area (Å²) in [6.45, 7) is 7.21. The fourth-order valence-corrected chi connectivity index (χ4v) is 2.80. The first-order chi connectivity index (χ1) is 9.10. The summed E-state index contributed by atoms with van der Waals surface area (Å²) in [5, 5.41) is 3.38. The van der Waals surface area contributed by atoms with Gasteiger partial charge >= 0.3 is 0 Å². The Kier molecular flexibility index (Phi) is 4.88. The van der Waals surface area contributed by atoms with E-state index >= 15 is 0 Å². The number of rotatable bonds is 5. The van der Waals surface area contributed by atoms with E-state index in [0.717, 1.165) is 25.7 Å². The van der Waals surface area contributed by atoms with Crippen molar-refractivity contribution in [2.45, 2.75) is 38.8 Å². The van der Waals surface area contributed by atoms with E-state index in [-0.39, 0.29) is 6.04 Å². The Balaban J connectivity index is 1.91. The molecule has 1 aromatic carbocycles. The van der Waals surface area contributed by atoms with Gasteiger partial charge in [0.25, 0.3) is 0 Å². The Bertz CT molecular complexity index is 402. The molecule has 0 saturated carbocycles. The third kappa shape index (κ3) is 3.74. The summed E-state index contributed by atoms with van der Waals surface area (Å²) in [6, 6.07) is 4.21. The predicted molar refractivity (Wildman–Crippen MR) is 73.0 cm³/mol. The fourth-order valence-electron chi connectivity index (χ4n) is 2.80. The Hall–Kier alpha value is -1.00. The second-order valence-electron chi connectivity index (χ2n) is 5.26. The minimum Gasteiger partial charge on any atom is -0.309 e. The van der Waals surface area contributed by atoms with Crippen LogP contribution < -0.4 is 5.32 Å². The zero-order valence-electron chi connectivity index (χ0n) is 11.6. The maximum Gasteiger partial charge on any atom is 0.126 e. The molecular formula is C15H22F2N2. The molecule has 0 aromatic heterocycles. The molecule has 19 heavy (non-hydrogen) atoms.